The molecule has 1 saturated heterocycles. The van der Waals surface area contributed by atoms with Crippen LogP contribution in [0.25, 0.3) is 6.08 Å². The molecule has 0 aliphatic carbocycles. The molecule has 0 radical (unpaired) electrons. The van der Waals surface area contributed by atoms with Crippen LogP contribution in [0.3, 0.4) is 0 Å². The molecule has 6 heteroatoms. The first-order valence-corrected chi connectivity index (χ1v) is 7.24. The minimum Gasteiger partial charge on any atom is -0.495 e. The Morgan fingerprint density at radius 3 is 2.55 bits per heavy atom. The minimum atomic E-state index is -0.262. The maximum Gasteiger partial charge on any atom is 0.293 e. The fraction of sp³-hybridized carbons (Fsp3) is 0.286. The highest BCUT2D eigenvalue weighted by Gasteiger charge is 2.36. The number of carbonyl (C=O) groups is 2. The summed E-state index contributed by atoms with van der Waals surface area (Å²) in [6, 6.07) is 5.06. The molecule has 0 N–H and O–H groups in total. The summed E-state index contributed by atoms with van der Waals surface area (Å²) < 4.78 is 5.07. The summed E-state index contributed by atoms with van der Waals surface area (Å²) in [5, 5.41) is 0.222. The molecule has 1 fully saturated rings. The lowest BCUT2D eigenvalue weighted by Gasteiger charge is -2.16. The van der Waals surface area contributed by atoms with Gasteiger partial charge in [-0.25, -0.2) is 0 Å². The predicted octanol–water partition coefficient (Wildman–Crippen LogP) is 3.79. The van der Waals surface area contributed by atoms with Crippen molar-refractivity contribution in [2.45, 2.75) is 19.9 Å². The highest BCUT2D eigenvalue weighted by atomic mass is 35.5. The molecular formula is C14H14ClNO3S. The Kier molecular flexibility index (Phi) is 4.40. The summed E-state index contributed by atoms with van der Waals surface area (Å²) in [6.07, 6.45) is 1.67. The van der Waals surface area contributed by atoms with Gasteiger partial charge in [-0.1, -0.05) is 17.7 Å². The van der Waals surface area contributed by atoms with E-state index in [1.165, 1.54) is 12.0 Å². The summed E-state index contributed by atoms with van der Waals surface area (Å²) in [5.41, 5.74) is 0.755. The number of nitrogens with zero attached hydrogens (tertiary/aromatic N) is 1. The van der Waals surface area contributed by atoms with E-state index in [0.29, 0.717) is 15.7 Å². The average Bonchev–Trinajstić information content (AvgIpc) is 2.64. The number of hydrogen-bond acceptors (Lipinski definition) is 4. The summed E-state index contributed by atoms with van der Waals surface area (Å²) >= 11 is 6.98. The van der Waals surface area contributed by atoms with Crippen molar-refractivity contribution < 1.29 is 14.3 Å². The quantitative estimate of drug-likeness (QED) is 0.797. The van der Waals surface area contributed by atoms with E-state index < -0.39 is 0 Å². The van der Waals surface area contributed by atoms with Gasteiger partial charge in [-0.15, -0.1) is 0 Å². The van der Waals surface area contributed by atoms with Crippen molar-refractivity contribution in [3.63, 3.8) is 0 Å². The Labute approximate surface area is 126 Å². The molecule has 2 rings (SSSR count). The number of ether oxygens (including phenoxy) is 1. The van der Waals surface area contributed by atoms with E-state index in [2.05, 4.69) is 0 Å². The summed E-state index contributed by atoms with van der Waals surface area (Å²) in [5.74, 6) is 0.307. The van der Waals surface area contributed by atoms with Gasteiger partial charge in [-0.2, -0.15) is 0 Å². The van der Waals surface area contributed by atoms with Crippen LogP contribution in [0.15, 0.2) is 23.1 Å². The molecule has 1 heterocycles. The van der Waals surface area contributed by atoms with Gasteiger partial charge in [0, 0.05) is 6.04 Å². The van der Waals surface area contributed by atoms with E-state index in [1.807, 2.05) is 13.8 Å². The number of thioether (sulfide) groups is 1. The molecule has 0 saturated carbocycles. The normalized spacial score (nSPS) is 17.4. The third kappa shape index (κ3) is 2.83. The van der Waals surface area contributed by atoms with Crippen molar-refractivity contribution >= 4 is 40.6 Å². The number of methoxy groups -OCH3 is 1. The smallest absolute Gasteiger partial charge is 0.293 e. The SMILES string of the molecule is COc1ccc(/C=C2/SC(=O)N(C(C)C)C2=O)cc1Cl. The van der Waals surface area contributed by atoms with E-state index >= 15 is 0 Å². The number of rotatable bonds is 3. The number of carbonyl (C=O) groups excluding carboxylic acids is 2. The van der Waals surface area contributed by atoms with Crippen LogP contribution in [0.2, 0.25) is 5.02 Å². The van der Waals surface area contributed by atoms with Gasteiger partial charge in [-0.05, 0) is 49.4 Å². The van der Waals surface area contributed by atoms with Crippen LogP contribution in [-0.4, -0.2) is 29.2 Å². The largest absolute Gasteiger partial charge is 0.495 e. The van der Waals surface area contributed by atoms with Crippen molar-refractivity contribution in [3.8, 4) is 5.75 Å². The molecule has 1 aliphatic heterocycles. The van der Waals surface area contributed by atoms with Crippen LogP contribution in [-0.2, 0) is 4.79 Å². The first kappa shape index (κ1) is 14.9. The highest BCUT2D eigenvalue weighted by molar-refractivity contribution is 8.18. The maximum absolute atomic E-state index is 12.1. The van der Waals surface area contributed by atoms with Crippen molar-refractivity contribution in [1.29, 1.82) is 0 Å². The zero-order chi connectivity index (χ0) is 14.9. The third-order valence-electron chi connectivity index (χ3n) is 2.81. The molecule has 0 spiro atoms. The Morgan fingerprint density at radius 2 is 2.05 bits per heavy atom. The Balaban J connectivity index is 2.30. The van der Waals surface area contributed by atoms with Crippen LogP contribution in [0.4, 0.5) is 4.79 Å². The van der Waals surface area contributed by atoms with Crippen LogP contribution in [0, 0.1) is 0 Å². The molecule has 0 atom stereocenters. The molecule has 2 amide bonds. The molecule has 1 aromatic rings. The zero-order valence-corrected chi connectivity index (χ0v) is 12.9. The van der Waals surface area contributed by atoms with Gasteiger partial charge >= 0.3 is 0 Å². The molecule has 1 aliphatic rings. The van der Waals surface area contributed by atoms with Gasteiger partial charge in [-0.3, -0.25) is 14.5 Å². The van der Waals surface area contributed by atoms with Crippen molar-refractivity contribution in [1.82, 2.24) is 4.90 Å². The topological polar surface area (TPSA) is 46.6 Å². The number of imide groups is 1. The van der Waals surface area contributed by atoms with E-state index in [9.17, 15) is 9.59 Å². The second kappa shape index (κ2) is 5.89. The lowest BCUT2D eigenvalue weighted by molar-refractivity contribution is -0.123. The van der Waals surface area contributed by atoms with Crippen molar-refractivity contribution in [3.05, 3.63) is 33.7 Å². The monoisotopic (exact) mass is 311 g/mol. The van der Waals surface area contributed by atoms with Gasteiger partial charge < -0.3 is 4.74 Å². The van der Waals surface area contributed by atoms with Gasteiger partial charge in [0.2, 0.25) is 0 Å². The zero-order valence-electron chi connectivity index (χ0n) is 11.3. The fourth-order valence-electron chi connectivity index (χ4n) is 1.85. The molecule has 0 aromatic heterocycles. The Morgan fingerprint density at radius 1 is 1.35 bits per heavy atom. The van der Waals surface area contributed by atoms with E-state index in [1.54, 1.807) is 24.3 Å². The second-order valence-electron chi connectivity index (χ2n) is 4.54. The standard InChI is InChI=1S/C14H14ClNO3S/c1-8(2)16-13(17)12(20-14(16)18)7-9-4-5-11(19-3)10(15)6-9/h4-8H,1-3H3/b12-7+. The number of amides is 2. The molecule has 0 bridgehead atoms. The van der Waals surface area contributed by atoms with E-state index in [-0.39, 0.29) is 17.2 Å². The lowest BCUT2D eigenvalue weighted by Crippen LogP contribution is -2.34. The Hall–Kier alpha value is -1.46. The van der Waals surface area contributed by atoms with Crippen LogP contribution < -0.4 is 4.74 Å². The van der Waals surface area contributed by atoms with Gasteiger partial charge in [0.15, 0.2) is 0 Å². The van der Waals surface area contributed by atoms with Crippen molar-refractivity contribution in [2.75, 3.05) is 7.11 Å². The third-order valence-corrected chi connectivity index (χ3v) is 3.99. The second-order valence-corrected chi connectivity index (χ2v) is 5.94. The number of hydrogen-bond donors (Lipinski definition) is 0. The molecule has 0 unspecified atom stereocenters. The first-order valence-electron chi connectivity index (χ1n) is 6.04. The van der Waals surface area contributed by atoms with Crippen molar-refractivity contribution in [2.24, 2.45) is 0 Å². The number of benzene rings is 1. The number of halogens is 1. The van der Waals surface area contributed by atoms with Crippen LogP contribution >= 0.6 is 23.4 Å². The van der Waals surface area contributed by atoms with Gasteiger partial charge in [0.1, 0.15) is 5.75 Å². The molecule has 4 nitrogen and oxygen atoms in total. The van der Waals surface area contributed by atoms with E-state index in [0.717, 1.165) is 17.3 Å². The minimum absolute atomic E-state index is 0.146. The highest BCUT2D eigenvalue weighted by Crippen LogP contribution is 2.34. The van der Waals surface area contributed by atoms with Crippen LogP contribution in [0.5, 0.6) is 5.75 Å². The van der Waals surface area contributed by atoms with Crippen LogP contribution in [0.1, 0.15) is 19.4 Å². The van der Waals surface area contributed by atoms with Gasteiger partial charge in [0.25, 0.3) is 11.1 Å². The summed E-state index contributed by atoms with van der Waals surface area (Å²) in [4.78, 5) is 25.6. The first-order chi connectivity index (χ1) is 9.43. The lowest BCUT2D eigenvalue weighted by atomic mass is 10.2. The molecule has 106 valence electrons. The maximum atomic E-state index is 12.1. The molecule has 20 heavy (non-hydrogen) atoms. The predicted molar refractivity (Wildman–Crippen MR) is 81.0 cm³/mol. The molecular weight excluding hydrogens is 298 g/mol. The summed E-state index contributed by atoms with van der Waals surface area (Å²) in [6.45, 7) is 3.62. The Bertz CT molecular complexity index is 598. The van der Waals surface area contributed by atoms with Gasteiger partial charge in [0.05, 0.1) is 17.0 Å². The summed E-state index contributed by atoms with van der Waals surface area (Å²) in [7, 11) is 1.54. The fourth-order valence-corrected chi connectivity index (χ4v) is 3.08. The molecule has 1 aromatic carbocycles. The van der Waals surface area contributed by atoms with E-state index in [4.69, 9.17) is 16.3 Å². The average molecular weight is 312 g/mol.